The molecular weight excluding hydrogens is 236 g/mol. The fraction of sp³-hybridized carbons (Fsp3) is 0.769. The average Bonchev–Trinajstić information content (AvgIpc) is 2.23. The lowest BCUT2D eigenvalue weighted by atomic mass is 10.2. The number of carbonyl (C=O) groups excluding carboxylic acids is 3. The molecule has 0 atom stereocenters. The van der Waals surface area contributed by atoms with E-state index in [9.17, 15) is 14.4 Å². The maximum Gasteiger partial charge on any atom is 0.313 e. The summed E-state index contributed by atoms with van der Waals surface area (Å²) in [5.74, 6) is -1.21. The summed E-state index contributed by atoms with van der Waals surface area (Å²) in [4.78, 5) is 33.8. The second-order valence-electron chi connectivity index (χ2n) is 5.05. The Morgan fingerprint density at radius 1 is 0.778 bits per heavy atom. The van der Waals surface area contributed by atoms with Gasteiger partial charge in [-0.25, -0.2) is 0 Å². The molecule has 0 aliphatic rings. The highest BCUT2D eigenvalue weighted by Gasteiger charge is 2.16. The molecular formula is C13H22O5. The Kier molecular flexibility index (Phi) is 8.00. The van der Waals surface area contributed by atoms with Crippen molar-refractivity contribution in [3.8, 4) is 0 Å². The molecule has 0 unspecified atom stereocenters. The van der Waals surface area contributed by atoms with Gasteiger partial charge in [0.25, 0.3) is 0 Å². The standard InChI is InChI=1S/C13H22O5/c1-9(2)7-17-12(15)5-11(14)6-13(16)18-8-10(3)4/h9-10H,5-8H2,1-4H3. The van der Waals surface area contributed by atoms with Crippen LogP contribution in [0.3, 0.4) is 0 Å². The van der Waals surface area contributed by atoms with Gasteiger partial charge in [-0.2, -0.15) is 0 Å². The number of hydrogen-bond donors (Lipinski definition) is 0. The van der Waals surface area contributed by atoms with Gasteiger partial charge in [0.2, 0.25) is 0 Å². The van der Waals surface area contributed by atoms with Gasteiger partial charge in [0.1, 0.15) is 12.8 Å². The Morgan fingerprint density at radius 3 is 1.39 bits per heavy atom. The van der Waals surface area contributed by atoms with E-state index in [0.29, 0.717) is 0 Å². The minimum atomic E-state index is -0.592. The van der Waals surface area contributed by atoms with Crippen molar-refractivity contribution in [3.05, 3.63) is 0 Å². The molecule has 0 aromatic rings. The van der Waals surface area contributed by atoms with E-state index in [1.165, 1.54) is 0 Å². The number of hydrogen-bond acceptors (Lipinski definition) is 5. The van der Waals surface area contributed by atoms with E-state index < -0.39 is 17.7 Å². The lowest BCUT2D eigenvalue weighted by molar-refractivity contribution is -0.149. The summed E-state index contributed by atoms with van der Waals surface area (Å²) in [6, 6.07) is 0. The van der Waals surface area contributed by atoms with Crippen molar-refractivity contribution < 1.29 is 23.9 Å². The SMILES string of the molecule is CC(C)COC(=O)CC(=O)CC(=O)OCC(C)C. The molecule has 0 bridgehead atoms. The van der Waals surface area contributed by atoms with E-state index in [1.807, 2.05) is 27.7 Å². The monoisotopic (exact) mass is 258 g/mol. The summed E-state index contributed by atoms with van der Waals surface area (Å²) in [7, 11) is 0. The summed E-state index contributed by atoms with van der Waals surface area (Å²) < 4.78 is 9.68. The fourth-order valence-corrected chi connectivity index (χ4v) is 1.01. The van der Waals surface area contributed by atoms with Crippen molar-refractivity contribution in [2.24, 2.45) is 11.8 Å². The van der Waals surface area contributed by atoms with Crippen molar-refractivity contribution in [1.82, 2.24) is 0 Å². The Bertz CT molecular complexity index is 266. The average molecular weight is 258 g/mol. The largest absolute Gasteiger partial charge is 0.465 e. The van der Waals surface area contributed by atoms with Crippen LogP contribution >= 0.6 is 0 Å². The van der Waals surface area contributed by atoms with Crippen molar-refractivity contribution in [3.63, 3.8) is 0 Å². The van der Waals surface area contributed by atoms with Crippen molar-refractivity contribution in [1.29, 1.82) is 0 Å². The molecule has 0 fully saturated rings. The zero-order valence-corrected chi connectivity index (χ0v) is 11.5. The number of ketones is 1. The van der Waals surface area contributed by atoms with Gasteiger partial charge in [-0.1, -0.05) is 27.7 Å². The molecule has 0 aromatic heterocycles. The Hall–Kier alpha value is -1.39. The van der Waals surface area contributed by atoms with Crippen LogP contribution in [0.5, 0.6) is 0 Å². The lowest BCUT2D eigenvalue weighted by Gasteiger charge is -2.07. The van der Waals surface area contributed by atoms with Crippen LogP contribution in [0.2, 0.25) is 0 Å². The third kappa shape index (κ3) is 9.81. The zero-order valence-electron chi connectivity index (χ0n) is 11.5. The van der Waals surface area contributed by atoms with Gasteiger partial charge < -0.3 is 9.47 Å². The number of esters is 2. The molecule has 0 aromatic carbocycles. The van der Waals surface area contributed by atoms with E-state index in [-0.39, 0.29) is 37.9 Å². The normalized spacial score (nSPS) is 10.6. The van der Waals surface area contributed by atoms with Crippen LogP contribution in [0, 0.1) is 11.8 Å². The van der Waals surface area contributed by atoms with Gasteiger partial charge >= 0.3 is 11.9 Å². The predicted molar refractivity (Wildman–Crippen MR) is 65.8 cm³/mol. The van der Waals surface area contributed by atoms with Crippen LogP contribution in [0.1, 0.15) is 40.5 Å². The number of ether oxygens (including phenoxy) is 2. The van der Waals surface area contributed by atoms with Crippen LogP contribution in [-0.4, -0.2) is 30.9 Å². The van der Waals surface area contributed by atoms with Crippen LogP contribution in [-0.2, 0) is 23.9 Å². The van der Waals surface area contributed by atoms with Crippen molar-refractivity contribution >= 4 is 17.7 Å². The van der Waals surface area contributed by atoms with E-state index in [1.54, 1.807) is 0 Å². The Morgan fingerprint density at radius 2 is 1.11 bits per heavy atom. The molecule has 18 heavy (non-hydrogen) atoms. The topological polar surface area (TPSA) is 69.7 Å². The van der Waals surface area contributed by atoms with Gasteiger partial charge in [-0.3, -0.25) is 14.4 Å². The zero-order chi connectivity index (χ0) is 14.1. The molecule has 0 aliphatic heterocycles. The van der Waals surface area contributed by atoms with Gasteiger partial charge in [0.15, 0.2) is 5.78 Å². The highest BCUT2D eigenvalue weighted by Crippen LogP contribution is 2.00. The Balaban J connectivity index is 3.82. The van der Waals surface area contributed by atoms with E-state index in [4.69, 9.17) is 9.47 Å². The van der Waals surface area contributed by atoms with Crippen LogP contribution in [0.15, 0.2) is 0 Å². The summed E-state index contributed by atoms with van der Waals surface area (Å²) in [6.45, 7) is 8.17. The second-order valence-corrected chi connectivity index (χ2v) is 5.05. The van der Waals surface area contributed by atoms with Crippen LogP contribution in [0.25, 0.3) is 0 Å². The number of rotatable bonds is 8. The molecule has 0 spiro atoms. The molecule has 0 saturated heterocycles. The molecule has 0 heterocycles. The molecule has 0 aliphatic carbocycles. The van der Waals surface area contributed by atoms with E-state index in [0.717, 1.165) is 0 Å². The third-order valence-electron chi connectivity index (χ3n) is 1.84. The summed E-state index contributed by atoms with van der Waals surface area (Å²) in [5, 5.41) is 0. The maximum absolute atomic E-state index is 11.4. The Labute approximate surface area is 108 Å². The number of carbonyl (C=O) groups is 3. The van der Waals surface area contributed by atoms with Gasteiger partial charge in [0.05, 0.1) is 13.2 Å². The quantitative estimate of drug-likeness (QED) is 0.490. The minimum Gasteiger partial charge on any atom is -0.465 e. The van der Waals surface area contributed by atoms with Crippen LogP contribution in [0.4, 0.5) is 0 Å². The highest BCUT2D eigenvalue weighted by molar-refractivity contribution is 6.03. The third-order valence-corrected chi connectivity index (χ3v) is 1.84. The van der Waals surface area contributed by atoms with Gasteiger partial charge in [-0.15, -0.1) is 0 Å². The first-order valence-electron chi connectivity index (χ1n) is 6.14. The molecule has 104 valence electrons. The predicted octanol–water partition coefficient (Wildman–Crippen LogP) is 1.73. The second kappa shape index (κ2) is 8.66. The fourth-order valence-electron chi connectivity index (χ4n) is 1.01. The summed E-state index contributed by atoms with van der Waals surface area (Å²) >= 11 is 0. The maximum atomic E-state index is 11.4. The lowest BCUT2D eigenvalue weighted by Crippen LogP contribution is -2.18. The molecule has 0 N–H and O–H groups in total. The smallest absolute Gasteiger partial charge is 0.313 e. The first-order valence-corrected chi connectivity index (χ1v) is 6.14. The van der Waals surface area contributed by atoms with Crippen molar-refractivity contribution in [2.75, 3.05) is 13.2 Å². The number of Topliss-reactive ketones (excluding diaryl/α,β-unsaturated/α-hetero) is 1. The molecule has 5 heteroatoms. The van der Waals surface area contributed by atoms with Gasteiger partial charge in [0, 0.05) is 0 Å². The summed E-state index contributed by atoms with van der Waals surface area (Å²) in [6.07, 6.45) is -0.743. The van der Waals surface area contributed by atoms with E-state index >= 15 is 0 Å². The summed E-state index contributed by atoms with van der Waals surface area (Å²) in [5.41, 5.74) is 0. The van der Waals surface area contributed by atoms with Crippen LogP contribution < -0.4 is 0 Å². The molecule has 0 radical (unpaired) electrons. The first kappa shape index (κ1) is 16.6. The van der Waals surface area contributed by atoms with E-state index in [2.05, 4.69) is 0 Å². The minimum absolute atomic E-state index is 0.222. The van der Waals surface area contributed by atoms with Gasteiger partial charge in [-0.05, 0) is 11.8 Å². The molecule has 0 rings (SSSR count). The first-order chi connectivity index (χ1) is 8.31. The highest BCUT2D eigenvalue weighted by atomic mass is 16.5. The molecule has 5 nitrogen and oxygen atoms in total. The molecule has 0 saturated carbocycles. The molecule has 0 amide bonds. The van der Waals surface area contributed by atoms with Crippen molar-refractivity contribution in [2.45, 2.75) is 40.5 Å².